The first-order valence-corrected chi connectivity index (χ1v) is 11.7. The molecular formula is C22H16N4O4S2. The molecule has 0 unspecified atom stereocenters. The number of anilines is 2. The molecule has 4 aromatic rings. The van der Waals surface area contributed by atoms with Crippen LogP contribution in [0.15, 0.2) is 89.3 Å². The SMILES string of the molecule is O=C(Nc1nnc(S(=O)(=O)Nc2ccccc2C(=O)c2ccccc2)s1)c1ccccc1. The van der Waals surface area contributed by atoms with E-state index in [1.807, 2.05) is 0 Å². The molecule has 8 nitrogen and oxygen atoms in total. The van der Waals surface area contributed by atoms with Gasteiger partial charge in [-0.05, 0) is 24.3 Å². The van der Waals surface area contributed by atoms with Gasteiger partial charge in [0.05, 0.1) is 5.69 Å². The topological polar surface area (TPSA) is 118 Å². The predicted octanol–water partition coefficient (Wildman–Crippen LogP) is 3.82. The Morgan fingerprint density at radius 1 is 0.750 bits per heavy atom. The highest BCUT2D eigenvalue weighted by atomic mass is 32.2. The molecule has 32 heavy (non-hydrogen) atoms. The number of carbonyl (C=O) groups excluding carboxylic acids is 2. The van der Waals surface area contributed by atoms with Crippen LogP contribution >= 0.6 is 11.3 Å². The van der Waals surface area contributed by atoms with Crippen LogP contribution in [0.3, 0.4) is 0 Å². The summed E-state index contributed by atoms with van der Waals surface area (Å²) in [5, 5.41) is 9.99. The third kappa shape index (κ3) is 4.71. The number of benzene rings is 3. The predicted molar refractivity (Wildman–Crippen MR) is 121 cm³/mol. The maximum Gasteiger partial charge on any atom is 0.291 e. The lowest BCUT2D eigenvalue weighted by molar-refractivity contribution is 0.102. The second-order valence-corrected chi connectivity index (χ2v) is 9.37. The van der Waals surface area contributed by atoms with Gasteiger partial charge >= 0.3 is 0 Å². The van der Waals surface area contributed by atoms with Crippen molar-refractivity contribution in [3.05, 3.63) is 102 Å². The standard InChI is InChI=1S/C22H16N4O4S2/c27-19(15-9-3-1-4-10-15)17-13-7-8-14-18(17)26-32(29,30)22-25-24-21(31-22)23-20(28)16-11-5-2-6-12-16/h1-14,26H,(H,23,24,28). The highest BCUT2D eigenvalue weighted by molar-refractivity contribution is 7.94. The van der Waals surface area contributed by atoms with E-state index in [9.17, 15) is 18.0 Å². The number of hydrogen-bond acceptors (Lipinski definition) is 7. The van der Waals surface area contributed by atoms with E-state index < -0.39 is 15.9 Å². The van der Waals surface area contributed by atoms with E-state index in [1.54, 1.807) is 78.9 Å². The van der Waals surface area contributed by atoms with Crippen molar-refractivity contribution in [2.45, 2.75) is 4.34 Å². The minimum Gasteiger partial charge on any atom is -0.296 e. The molecule has 0 saturated heterocycles. The fourth-order valence-corrected chi connectivity index (χ4v) is 4.81. The number of para-hydroxylation sites is 1. The molecule has 160 valence electrons. The van der Waals surface area contributed by atoms with Gasteiger partial charge in [-0.25, -0.2) is 0 Å². The quantitative estimate of drug-likeness (QED) is 0.317. The average molecular weight is 465 g/mol. The molecule has 0 atom stereocenters. The third-order valence-electron chi connectivity index (χ3n) is 4.34. The first-order chi connectivity index (χ1) is 15.4. The molecule has 0 fully saturated rings. The van der Waals surface area contributed by atoms with Crippen LogP contribution < -0.4 is 10.0 Å². The molecule has 1 aromatic heterocycles. The van der Waals surface area contributed by atoms with Gasteiger partial charge < -0.3 is 0 Å². The molecule has 3 aromatic carbocycles. The summed E-state index contributed by atoms with van der Waals surface area (Å²) in [6.45, 7) is 0. The van der Waals surface area contributed by atoms with Gasteiger partial charge in [-0.2, -0.15) is 8.42 Å². The van der Waals surface area contributed by atoms with E-state index >= 15 is 0 Å². The zero-order valence-electron chi connectivity index (χ0n) is 16.4. The van der Waals surface area contributed by atoms with Gasteiger partial charge in [0.15, 0.2) is 5.78 Å². The van der Waals surface area contributed by atoms with Gasteiger partial charge in [0.1, 0.15) is 0 Å². The molecule has 4 rings (SSSR count). The van der Waals surface area contributed by atoms with E-state index in [1.165, 1.54) is 6.07 Å². The number of amides is 1. The van der Waals surface area contributed by atoms with E-state index in [2.05, 4.69) is 20.2 Å². The monoisotopic (exact) mass is 464 g/mol. The number of rotatable bonds is 7. The minimum atomic E-state index is -4.14. The van der Waals surface area contributed by atoms with Crippen molar-refractivity contribution in [3.8, 4) is 0 Å². The Morgan fingerprint density at radius 3 is 2.03 bits per heavy atom. The van der Waals surface area contributed by atoms with Crippen molar-refractivity contribution in [3.63, 3.8) is 0 Å². The normalized spacial score (nSPS) is 11.0. The van der Waals surface area contributed by atoms with E-state index in [0.29, 0.717) is 22.5 Å². The Hall–Kier alpha value is -3.89. The molecule has 10 heteroatoms. The summed E-state index contributed by atoms with van der Waals surface area (Å²) in [6.07, 6.45) is 0. The Morgan fingerprint density at radius 2 is 1.34 bits per heavy atom. The van der Waals surface area contributed by atoms with Crippen molar-refractivity contribution in [1.82, 2.24) is 10.2 Å². The average Bonchev–Trinajstić information content (AvgIpc) is 3.29. The fourth-order valence-electron chi connectivity index (χ4n) is 2.83. The summed E-state index contributed by atoms with van der Waals surface area (Å²) >= 11 is 0.703. The third-order valence-corrected chi connectivity index (χ3v) is 6.92. The number of nitrogens with one attached hydrogen (secondary N) is 2. The summed E-state index contributed by atoms with van der Waals surface area (Å²) in [7, 11) is -4.14. The molecule has 1 amide bonds. The van der Waals surface area contributed by atoms with Crippen molar-refractivity contribution < 1.29 is 18.0 Å². The van der Waals surface area contributed by atoms with Crippen LogP contribution in [0, 0.1) is 0 Å². The van der Waals surface area contributed by atoms with Crippen LogP contribution in [0.25, 0.3) is 0 Å². The fraction of sp³-hybridized carbons (Fsp3) is 0. The highest BCUT2D eigenvalue weighted by Crippen LogP contribution is 2.26. The molecule has 1 heterocycles. The maximum absolute atomic E-state index is 12.9. The van der Waals surface area contributed by atoms with E-state index in [0.717, 1.165) is 0 Å². The number of hydrogen-bond donors (Lipinski definition) is 2. The molecule has 0 saturated carbocycles. The smallest absolute Gasteiger partial charge is 0.291 e. The number of ketones is 1. The maximum atomic E-state index is 12.9. The molecule has 0 aliphatic carbocycles. The summed E-state index contributed by atoms with van der Waals surface area (Å²) in [4.78, 5) is 25.1. The van der Waals surface area contributed by atoms with Crippen molar-refractivity contribution >= 4 is 43.9 Å². The number of carbonyl (C=O) groups is 2. The largest absolute Gasteiger partial charge is 0.296 e. The summed E-state index contributed by atoms with van der Waals surface area (Å²) < 4.78 is 27.8. The summed E-state index contributed by atoms with van der Waals surface area (Å²) in [5.41, 5.74) is 1.15. The molecule has 0 aliphatic heterocycles. The lowest BCUT2D eigenvalue weighted by Gasteiger charge is -2.10. The van der Waals surface area contributed by atoms with E-state index in [4.69, 9.17) is 0 Å². The van der Waals surface area contributed by atoms with Gasteiger partial charge in [0.2, 0.25) is 5.13 Å². The second-order valence-electron chi connectivity index (χ2n) is 6.54. The Balaban J connectivity index is 1.55. The van der Waals surface area contributed by atoms with Crippen molar-refractivity contribution in [1.29, 1.82) is 0 Å². The van der Waals surface area contributed by atoms with Gasteiger partial charge in [0.25, 0.3) is 20.3 Å². The molecule has 0 aliphatic rings. The lowest BCUT2D eigenvalue weighted by Crippen LogP contribution is -2.15. The van der Waals surface area contributed by atoms with Gasteiger partial charge in [-0.1, -0.05) is 72.0 Å². The van der Waals surface area contributed by atoms with E-state index in [-0.39, 0.29) is 26.5 Å². The van der Waals surface area contributed by atoms with Crippen LogP contribution in [0.5, 0.6) is 0 Å². The first-order valence-electron chi connectivity index (χ1n) is 9.35. The van der Waals surface area contributed by atoms with Crippen LogP contribution in [0.2, 0.25) is 0 Å². The van der Waals surface area contributed by atoms with Crippen molar-refractivity contribution in [2.24, 2.45) is 0 Å². The van der Waals surface area contributed by atoms with Gasteiger partial charge in [0, 0.05) is 16.7 Å². The second kappa shape index (κ2) is 9.08. The lowest BCUT2D eigenvalue weighted by atomic mass is 10.0. The highest BCUT2D eigenvalue weighted by Gasteiger charge is 2.24. The van der Waals surface area contributed by atoms with Gasteiger partial charge in [-0.15, -0.1) is 10.2 Å². The Labute approximate surface area is 188 Å². The zero-order valence-corrected chi connectivity index (χ0v) is 18.1. The molecule has 0 spiro atoms. The Bertz CT molecular complexity index is 1370. The number of aromatic nitrogens is 2. The van der Waals surface area contributed by atoms with Gasteiger partial charge in [-0.3, -0.25) is 19.6 Å². The summed E-state index contributed by atoms with van der Waals surface area (Å²) in [5.74, 6) is -0.755. The number of sulfonamides is 1. The molecular weight excluding hydrogens is 448 g/mol. The molecule has 0 bridgehead atoms. The van der Waals surface area contributed by atoms with Crippen LogP contribution in [-0.4, -0.2) is 30.3 Å². The van der Waals surface area contributed by atoms with Crippen LogP contribution in [0.4, 0.5) is 10.8 Å². The number of nitrogens with zero attached hydrogens (tertiary/aromatic N) is 2. The molecule has 2 N–H and O–H groups in total. The van der Waals surface area contributed by atoms with Crippen LogP contribution in [0.1, 0.15) is 26.3 Å². The summed E-state index contributed by atoms with van der Waals surface area (Å²) in [6, 6.07) is 23.3. The first kappa shape index (κ1) is 21.3. The zero-order chi connectivity index (χ0) is 22.6. The Kier molecular flexibility index (Phi) is 6.06. The van der Waals surface area contributed by atoms with Crippen molar-refractivity contribution in [2.75, 3.05) is 10.0 Å². The minimum absolute atomic E-state index is 0.0351. The molecule has 0 radical (unpaired) electrons. The van der Waals surface area contributed by atoms with Crippen LogP contribution in [-0.2, 0) is 10.0 Å².